The lowest BCUT2D eigenvalue weighted by molar-refractivity contribution is 0.461. The second-order valence-corrected chi connectivity index (χ2v) is 5.67. The number of halogens is 2. The smallest absolute Gasteiger partial charge is 0.194 e. The number of aromatic nitrogens is 1. The predicted molar refractivity (Wildman–Crippen MR) is 92.9 cm³/mol. The lowest BCUT2D eigenvalue weighted by atomic mass is 10.1. The first-order chi connectivity index (χ1) is 11.5. The molecule has 1 heterocycles. The van der Waals surface area contributed by atoms with Crippen molar-refractivity contribution in [3.05, 3.63) is 59.4 Å². The molecule has 0 amide bonds. The Bertz CT molecular complexity index is 694. The third kappa shape index (κ3) is 4.57. The van der Waals surface area contributed by atoms with Crippen LogP contribution in [-0.2, 0) is 20.0 Å². The molecule has 0 saturated carbocycles. The van der Waals surface area contributed by atoms with Crippen molar-refractivity contribution in [3.8, 4) is 0 Å². The van der Waals surface area contributed by atoms with Crippen LogP contribution in [0.25, 0.3) is 0 Å². The second-order valence-electron chi connectivity index (χ2n) is 5.67. The molecule has 2 rings (SSSR count). The van der Waals surface area contributed by atoms with E-state index in [2.05, 4.69) is 20.9 Å². The van der Waals surface area contributed by atoms with Crippen molar-refractivity contribution in [1.29, 1.82) is 0 Å². The van der Waals surface area contributed by atoms with E-state index in [0.29, 0.717) is 25.1 Å². The lowest BCUT2D eigenvalue weighted by Crippen LogP contribution is -2.39. The van der Waals surface area contributed by atoms with Crippen LogP contribution in [0.3, 0.4) is 0 Å². The summed E-state index contributed by atoms with van der Waals surface area (Å²) in [7, 11) is 3.96. The number of hydrogen-bond acceptors (Lipinski definition) is 1. The van der Waals surface area contributed by atoms with Gasteiger partial charge in [-0.1, -0.05) is 12.1 Å². The fourth-order valence-electron chi connectivity index (χ4n) is 2.47. The average Bonchev–Trinajstić information content (AvgIpc) is 2.95. The van der Waals surface area contributed by atoms with Crippen LogP contribution in [0.5, 0.6) is 0 Å². The Morgan fingerprint density at radius 1 is 1.25 bits per heavy atom. The monoisotopic (exact) mass is 334 g/mol. The summed E-state index contributed by atoms with van der Waals surface area (Å²) in [5, 5.41) is 3.23. The molecule has 0 bridgehead atoms. The quantitative estimate of drug-likeness (QED) is 0.651. The minimum absolute atomic E-state index is 0.347. The van der Waals surface area contributed by atoms with Crippen molar-refractivity contribution >= 4 is 5.96 Å². The van der Waals surface area contributed by atoms with Crippen LogP contribution in [0.4, 0.5) is 8.78 Å². The fraction of sp³-hybridized carbons (Fsp3) is 0.389. The Kier molecular flexibility index (Phi) is 6.35. The van der Waals surface area contributed by atoms with E-state index in [4.69, 9.17) is 0 Å². The highest BCUT2D eigenvalue weighted by molar-refractivity contribution is 5.79. The number of nitrogens with zero attached hydrogens (tertiary/aromatic N) is 3. The van der Waals surface area contributed by atoms with Crippen molar-refractivity contribution in [2.45, 2.75) is 19.9 Å². The third-order valence-electron chi connectivity index (χ3n) is 3.82. The van der Waals surface area contributed by atoms with Crippen LogP contribution in [0, 0.1) is 11.6 Å². The van der Waals surface area contributed by atoms with Gasteiger partial charge in [-0.15, -0.1) is 0 Å². The Morgan fingerprint density at radius 2 is 2.04 bits per heavy atom. The van der Waals surface area contributed by atoms with E-state index < -0.39 is 11.6 Å². The minimum Gasteiger partial charge on any atom is -0.357 e. The normalized spacial score (nSPS) is 11.6. The van der Waals surface area contributed by atoms with Crippen LogP contribution in [0.15, 0.2) is 41.5 Å². The molecule has 24 heavy (non-hydrogen) atoms. The lowest BCUT2D eigenvalue weighted by Gasteiger charge is -2.22. The van der Waals surface area contributed by atoms with Gasteiger partial charge >= 0.3 is 0 Å². The molecule has 1 aromatic heterocycles. The molecule has 1 aromatic carbocycles. The molecular formula is C18H24F2N4. The van der Waals surface area contributed by atoms with Gasteiger partial charge in [0.25, 0.3) is 0 Å². The van der Waals surface area contributed by atoms with Gasteiger partial charge in [0.15, 0.2) is 17.6 Å². The van der Waals surface area contributed by atoms with Gasteiger partial charge in [-0.3, -0.25) is 4.99 Å². The zero-order valence-corrected chi connectivity index (χ0v) is 14.4. The highest BCUT2D eigenvalue weighted by Gasteiger charge is 2.10. The first-order valence-electron chi connectivity index (χ1n) is 8.05. The number of nitrogens with one attached hydrogen (secondary N) is 1. The van der Waals surface area contributed by atoms with Crippen molar-refractivity contribution < 1.29 is 8.78 Å². The Morgan fingerprint density at radius 3 is 2.71 bits per heavy atom. The standard InChI is InChI=1S/C18H24F2N4/c1-4-21-18(24(3)13-15-8-6-12-23(15)2)22-11-10-14-7-5-9-16(19)17(14)20/h5-9,12H,4,10-11,13H2,1-3H3,(H,21,22). The molecule has 0 fully saturated rings. The number of rotatable bonds is 6. The first-order valence-corrected chi connectivity index (χ1v) is 8.05. The van der Waals surface area contributed by atoms with Crippen LogP contribution >= 0.6 is 0 Å². The zero-order valence-electron chi connectivity index (χ0n) is 14.4. The molecule has 0 aliphatic heterocycles. The van der Waals surface area contributed by atoms with E-state index in [1.165, 1.54) is 11.8 Å². The summed E-state index contributed by atoms with van der Waals surface area (Å²) < 4.78 is 29.0. The van der Waals surface area contributed by atoms with Crippen LogP contribution in [0.2, 0.25) is 0 Å². The second kappa shape index (κ2) is 8.47. The van der Waals surface area contributed by atoms with Gasteiger partial charge in [0.1, 0.15) is 0 Å². The van der Waals surface area contributed by atoms with Gasteiger partial charge in [0.2, 0.25) is 0 Å². The molecule has 0 aliphatic carbocycles. The summed E-state index contributed by atoms with van der Waals surface area (Å²) >= 11 is 0. The summed E-state index contributed by atoms with van der Waals surface area (Å²) in [5.74, 6) is -0.852. The topological polar surface area (TPSA) is 32.6 Å². The van der Waals surface area contributed by atoms with Crippen LogP contribution < -0.4 is 5.32 Å². The Labute approximate surface area is 141 Å². The Hall–Kier alpha value is -2.37. The highest BCUT2D eigenvalue weighted by atomic mass is 19.2. The number of benzene rings is 1. The van der Waals surface area contributed by atoms with Gasteiger partial charge < -0.3 is 14.8 Å². The van der Waals surface area contributed by atoms with Crippen LogP contribution in [-0.4, -0.2) is 35.6 Å². The molecule has 6 heteroatoms. The highest BCUT2D eigenvalue weighted by Crippen LogP contribution is 2.12. The van der Waals surface area contributed by atoms with E-state index in [1.54, 1.807) is 6.07 Å². The summed E-state index contributed by atoms with van der Waals surface area (Å²) in [6, 6.07) is 8.29. The average molecular weight is 334 g/mol. The van der Waals surface area contributed by atoms with Crippen molar-refractivity contribution in [1.82, 2.24) is 14.8 Å². The molecule has 0 saturated heterocycles. The van der Waals surface area contributed by atoms with E-state index in [0.717, 1.165) is 18.6 Å². The molecule has 0 atom stereocenters. The largest absolute Gasteiger partial charge is 0.357 e. The van der Waals surface area contributed by atoms with Gasteiger partial charge in [-0.05, 0) is 37.1 Å². The van der Waals surface area contributed by atoms with E-state index in [-0.39, 0.29) is 0 Å². The molecule has 0 radical (unpaired) electrons. The van der Waals surface area contributed by atoms with Crippen molar-refractivity contribution in [2.24, 2.45) is 12.0 Å². The predicted octanol–water partition coefficient (Wildman–Crippen LogP) is 2.94. The fourth-order valence-corrected chi connectivity index (χ4v) is 2.47. The molecule has 0 spiro atoms. The third-order valence-corrected chi connectivity index (χ3v) is 3.82. The molecule has 0 aliphatic rings. The zero-order chi connectivity index (χ0) is 17.5. The molecule has 2 aromatic rings. The first kappa shape index (κ1) is 18.0. The van der Waals surface area contributed by atoms with E-state index in [1.807, 2.05) is 38.2 Å². The summed E-state index contributed by atoms with van der Waals surface area (Å²) in [6.45, 7) is 3.84. The molecule has 4 nitrogen and oxygen atoms in total. The molecule has 0 unspecified atom stereocenters. The van der Waals surface area contributed by atoms with Crippen molar-refractivity contribution in [3.63, 3.8) is 0 Å². The van der Waals surface area contributed by atoms with Gasteiger partial charge in [-0.25, -0.2) is 8.78 Å². The van der Waals surface area contributed by atoms with Crippen molar-refractivity contribution in [2.75, 3.05) is 20.1 Å². The van der Waals surface area contributed by atoms with Crippen LogP contribution in [0.1, 0.15) is 18.2 Å². The summed E-state index contributed by atoms with van der Waals surface area (Å²) in [5.41, 5.74) is 1.51. The van der Waals surface area contributed by atoms with Gasteiger partial charge in [0.05, 0.1) is 6.54 Å². The number of aryl methyl sites for hydroxylation is 1. The van der Waals surface area contributed by atoms with E-state index >= 15 is 0 Å². The SMILES string of the molecule is CCNC(=NCCc1cccc(F)c1F)N(C)Cc1cccn1C. The molecule has 1 N–H and O–H groups in total. The van der Waals surface area contributed by atoms with Gasteiger partial charge in [-0.2, -0.15) is 0 Å². The maximum Gasteiger partial charge on any atom is 0.194 e. The maximum absolute atomic E-state index is 13.7. The number of hydrogen-bond donors (Lipinski definition) is 1. The van der Waals surface area contributed by atoms with E-state index in [9.17, 15) is 8.78 Å². The maximum atomic E-state index is 13.7. The summed E-state index contributed by atoms with van der Waals surface area (Å²) in [6.07, 6.45) is 2.36. The Balaban J connectivity index is 2.02. The number of guanidine groups is 1. The molecular weight excluding hydrogens is 310 g/mol. The summed E-state index contributed by atoms with van der Waals surface area (Å²) in [4.78, 5) is 6.54. The minimum atomic E-state index is -0.816. The van der Waals surface area contributed by atoms with Gasteiger partial charge in [0, 0.05) is 39.1 Å². The molecule has 130 valence electrons. The number of aliphatic imine (C=N–C) groups is 1.